The predicted molar refractivity (Wildman–Crippen MR) is 217 cm³/mol. The van der Waals surface area contributed by atoms with Crippen LogP contribution < -0.4 is 0 Å². The Kier molecular flexibility index (Phi) is 12.6. The van der Waals surface area contributed by atoms with Crippen LogP contribution in [0.1, 0.15) is 137 Å². The van der Waals surface area contributed by atoms with Crippen molar-refractivity contribution in [3.05, 3.63) is 129 Å². The van der Waals surface area contributed by atoms with Crippen LogP contribution in [-0.4, -0.2) is 9.52 Å². The number of aryl methyl sites for hydroxylation is 2. The van der Waals surface area contributed by atoms with Crippen molar-refractivity contribution in [2.45, 2.75) is 129 Å². The first-order valence-electron chi connectivity index (χ1n) is 19.7. The van der Waals surface area contributed by atoms with Gasteiger partial charge < -0.3 is 0 Å². The van der Waals surface area contributed by atoms with E-state index in [9.17, 15) is 0 Å². The van der Waals surface area contributed by atoms with Crippen LogP contribution in [0.4, 0.5) is 0 Å². The number of benzene rings is 4. The van der Waals surface area contributed by atoms with Crippen molar-refractivity contribution in [3.8, 4) is 22.3 Å². The van der Waals surface area contributed by atoms with Gasteiger partial charge >= 0.3 is 0 Å². The van der Waals surface area contributed by atoms with Crippen LogP contribution in [0.15, 0.2) is 96.1 Å². The normalized spacial score (nSPS) is 16.4. The average molecular weight is 663 g/mol. The number of unbranched alkanes of at least 4 members (excludes halogenated alkanes) is 6. The molecule has 254 valence electrons. The van der Waals surface area contributed by atoms with Crippen molar-refractivity contribution in [1.82, 2.24) is 0 Å². The van der Waals surface area contributed by atoms with Gasteiger partial charge in [0.15, 0.2) is 0 Å². The molecule has 0 heterocycles. The highest BCUT2D eigenvalue weighted by Gasteiger charge is 2.30. The van der Waals surface area contributed by atoms with Gasteiger partial charge in [-0.15, -0.1) is 0 Å². The van der Waals surface area contributed by atoms with Gasteiger partial charge in [0, 0.05) is 21.4 Å². The van der Waals surface area contributed by atoms with Crippen LogP contribution in [0.25, 0.3) is 34.4 Å². The first-order chi connectivity index (χ1) is 24.1. The molecule has 0 aromatic heterocycles. The van der Waals surface area contributed by atoms with Gasteiger partial charge in [0.2, 0.25) is 0 Å². The van der Waals surface area contributed by atoms with Crippen LogP contribution in [0, 0.1) is 0 Å². The van der Waals surface area contributed by atoms with Crippen LogP contribution in [0.2, 0.25) is 12.1 Å². The van der Waals surface area contributed by atoms with E-state index in [0.29, 0.717) is 11.8 Å². The molecule has 49 heavy (non-hydrogen) atoms. The Labute approximate surface area is 301 Å². The molecule has 2 aliphatic carbocycles. The summed E-state index contributed by atoms with van der Waals surface area (Å²) in [6.45, 7) is 9.13. The molecule has 0 spiro atoms. The minimum Gasteiger partial charge on any atom is -0.0654 e. The second-order valence-corrected chi connectivity index (χ2v) is 15.9. The van der Waals surface area contributed by atoms with Crippen LogP contribution >= 0.6 is 0 Å². The van der Waals surface area contributed by atoms with Crippen LogP contribution in [-0.2, 0) is 12.8 Å². The summed E-state index contributed by atoms with van der Waals surface area (Å²) in [7, 11) is 0.948. The second kappa shape index (κ2) is 17.5. The first kappa shape index (κ1) is 35.4. The fourth-order valence-electron chi connectivity index (χ4n) is 8.27. The smallest absolute Gasteiger partial charge is 0.0397 e. The van der Waals surface area contributed by atoms with Gasteiger partial charge in [-0.3, -0.25) is 0 Å². The van der Waals surface area contributed by atoms with E-state index in [1.807, 2.05) is 0 Å². The zero-order valence-corrected chi connectivity index (χ0v) is 31.8. The third-order valence-electron chi connectivity index (χ3n) is 11.3. The highest BCUT2D eigenvalue weighted by Crippen LogP contribution is 2.48. The minimum atomic E-state index is 0.561. The number of rotatable bonds is 18. The summed E-state index contributed by atoms with van der Waals surface area (Å²) >= 11 is 0. The maximum absolute atomic E-state index is 2.61. The van der Waals surface area contributed by atoms with E-state index < -0.39 is 0 Å². The van der Waals surface area contributed by atoms with E-state index in [2.05, 4.69) is 125 Å². The summed E-state index contributed by atoms with van der Waals surface area (Å²) < 4.78 is 0. The lowest BCUT2D eigenvalue weighted by molar-refractivity contribution is 0.648. The molecular weight excluding hydrogens is 605 g/mol. The van der Waals surface area contributed by atoms with Crippen molar-refractivity contribution in [2.24, 2.45) is 0 Å². The molecule has 0 nitrogen and oxygen atoms in total. The molecule has 0 fully saturated rings. The van der Waals surface area contributed by atoms with Gasteiger partial charge in [0.05, 0.1) is 0 Å². The fraction of sp³-hybridized carbons (Fsp3) is 0.417. The molecule has 0 saturated heterocycles. The summed E-state index contributed by atoms with van der Waals surface area (Å²) in [5.74, 6) is 1.12. The molecule has 2 unspecified atom stereocenters. The number of hydrogen-bond donors (Lipinski definition) is 0. The zero-order valence-electron chi connectivity index (χ0n) is 30.8. The molecule has 4 aromatic carbocycles. The molecule has 4 aromatic rings. The van der Waals surface area contributed by atoms with E-state index in [-0.39, 0.29) is 0 Å². The molecule has 2 radical (unpaired) electrons. The van der Waals surface area contributed by atoms with Crippen molar-refractivity contribution in [2.75, 3.05) is 0 Å². The Bertz CT molecular complexity index is 1590. The van der Waals surface area contributed by atoms with E-state index in [4.69, 9.17) is 0 Å². The lowest BCUT2D eigenvalue weighted by Gasteiger charge is -2.21. The summed E-state index contributed by atoms with van der Waals surface area (Å²) in [5.41, 5.74) is 17.9. The van der Waals surface area contributed by atoms with Crippen molar-refractivity contribution < 1.29 is 0 Å². The molecule has 0 saturated carbocycles. The van der Waals surface area contributed by atoms with Gasteiger partial charge in [-0.05, 0) is 94.2 Å². The van der Waals surface area contributed by atoms with Gasteiger partial charge in [-0.25, -0.2) is 0 Å². The minimum absolute atomic E-state index is 0.561. The highest BCUT2D eigenvalue weighted by molar-refractivity contribution is 6.36. The molecule has 2 aliphatic rings. The van der Waals surface area contributed by atoms with Crippen molar-refractivity contribution >= 4 is 21.7 Å². The number of allylic oxidation sites excluding steroid dienone is 2. The predicted octanol–water partition coefficient (Wildman–Crippen LogP) is 14.3. The summed E-state index contributed by atoms with van der Waals surface area (Å²) in [4.78, 5) is 0. The summed E-state index contributed by atoms with van der Waals surface area (Å²) in [6, 6.07) is 35.4. The summed E-state index contributed by atoms with van der Waals surface area (Å²) in [5, 5.41) is 0. The monoisotopic (exact) mass is 662 g/mol. The van der Waals surface area contributed by atoms with Crippen LogP contribution in [0.5, 0.6) is 0 Å². The molecule has 0 N–H and O–H groups in total. The molecule has 0 bridgehead atoms. The maximum Gasteiger partial charge on any atom is 0.0397 e. The third kappa shape index (κ3) is 8.32. The van der Waals surface area contributed by atoms with Crippen molar-refractivity contribution in [3.63, 3.8) is 0 Å². The molecule has 2 atom stereocenters. The third-order valence-corrected chi connectivity index (χ3v) is 12.7. The Morgan fingerprint density at radius 3 is 1.29 bits per heavy atom. The van der Waals surface area contributed by atoms with Crippen LogP contribution in [0.3, 0.4) is 0 Å². The fourth-order valence-corrected chi connectivity index (χ4v) is 9.98. The van der Waals surface area contributed by atoms with Crippen molar-refractivity contribution in [1.29, 1.82) is 0 Å². The van der Waals surface area contributed by atoms with E-state index in [1.165, 1.54) is 121 Å². The first-order valence-corrected chi connectivity index (χ1v) is 21.1. The zero-order chi connectivity index (χ0) is 34.0. The van der Waals surface area contributed by atoms with Gasteiger partial charge in [-0.2, -0.15) is 0 Å². The Balaban J connectivity index is 1.24. The van der Waals surface area contributed by atoms with Gasteiger partial charge in [0.25, 0.3) is 0 Å². The average Bonchev–Trinajstić information content (AvgIpc) is 3.69. The van der Waals surface area contributed by atoms with Gasteiger partial charge in [-0.1, -0.05) is 187 Å². The van der Waals surface area contributed by atoms with E-state index in [1.54, 1.807) is 22.3 Å². The quantitative estimate of drug-likeness (QED) is 0.0735. The second-order valence-electron chi connectivity index (χ2n) is 14.5. The lowest BCUT2D eigenvalue weighted by Crippen LogP contribution is -2.08. The highest BCUT2D eigenvalue weighted by atomic mass is 28.2. The number of hydrogen-bond acceptors (Lipinski definition) is 0. The molecular formula is C48H58Si. The Hall–Kier alpha value is -3.42. The number of fused-ring (bicyclic) bond motifs is 2. The van der Waals surface area contributed by atoms with E-state index in [0.717, 1.165) is 22.4 Å². The van der Waals surface area contributed by atoms with Gasteiger partial charge in [0.1, 0.15) is 0 Å². The Morgan fingerprint density at radius 2 is 0.898 bits per heavy atom. The maximum atomic E-state index is 2.61. The SMILES string of the molecule is CCCCCCC1=Cc2c(-c3ccc(CC)cc3)cccc2C1C[Si]CC1C(CCCCCC)=Cc2c(-c3ccc(CC)cc3)cccc21. The molecule has 6 rings (SSSR count). The molecule has 1 heteroatoms. The molecule has 0 amide bonds. The largest absolute Gasteiger partial charge is 0.0654 e. The standard InChI is InChI=1S/C48H58Si/c1-5-9-11-13-17-39-31-45-41(37-27-23-35(7-3)24-28-37)19-15-21-43(45)47(39)33-49-34-48-40(18-14-12-10-6-2)32-46-42(20-16-22-44(46)48)38-29-25-36(8-4)26-30-38/h15-16,19-32,47-48H,5-14,17-18,33-34H2,1-4H3. The molecule has 0 aliphatic heterocycles. The Morgan fingerprint density at radius 1 is 0.469 bits per heavy atom. The lowest BCUT2D eigenvalue weighted by atomic mass is 9.91. The topological polar surface area (TPSA) is 0 Å². The van der Waals surface area contributed by atoms with E-state index >= 15 is 0 Å². The summed E-state index contributed by atoms with van der Waals surface area (Å²) in [6.07, 6.45) is 20.5.